The Balaban J connectivity index is 2.26. The van der Waals surface area contributed by atoms with Gasteiger partial charge in [0.05, 0.1) is 11.7 Å². The van der Waals surface area contributed by atoms with Crippen LogP contribution in [0.1, 0.15) is 44.9 Å². The number of amidine groups is 1. The number of hydrogen-bond donors (Lipinski definition) is 4. The monoisotopic (exact) mass is 299 g/mol. The molecule has 1 saturated carbocycles. The van der Waals surface area contributed by atoms with Gasteiger partial charge in [0.25, 0.3) is 0 Å². The molecule has 7 nitrogen and oxygen atoms in total. The normalized spacial score (nSPS) is 20.0. The summed E-state index contributed by atoms with van der Waals surface area (Å²) in [5, 5.41) is 14.0. The van der Waals surface area contributed by atoms with Crippen molar-refractivity contribution in [2.24, 2.45) is 5.73 Å². The Labute approximate surface area is 118 Å². The quantitative estimate of drug-likeness (QED) is 0.491. The Kier molecular flexibility index (Phi) is 4.44. The van der Waals surface area contributed by atoms with Gasteiger partial charge >= 0.3 is 0 Å². The molecule has 1 aliphatic rings. The van der Waals surface area contributed by atoms with Crippen LogP contribution in [0.3, 0.4) is 0 Å². The van der Waals surface area contributed by atoms with Gasteiger partial charge in [-0.3, -0.25) is 10.5 Å². The van der Waals surface area contributed by atoms with E-state index >= 15 is 0 Å². The fourth-order valence-electron chi connectivity index (χ4n) is 2.64. The van der Waals surface area contributed by atoms with Gasteiger partial charge in [-0.25, -0.2) is 8.42 Å². The summed E-state index contributed by atoms with van der Waals surface area (Å²) in [6, 6.07) is 0. The first-order chi connectivity index (χ1) is 9.46. The molecule has 0 spiro atoms. The van der Waals surface area contributed by atoms with Crippen molar-refractivity contribution in [2.75, 3.05) is 0 Å². The van der Waals surface area contributed by atoms with Crippen LogP contribution in [0.15, 0.2) is 17.3 Å². The number of rotatable bonds is 4. The van der Waals surface area contributed by atoms with Gasteiger partial charge in [0, 0.05) is 6.20 Å². The number of sulfonamides is 1. The molecule has 0 aliphatic heterocycles. The summed E-state index contributed by atoms with van der Waals surface area (Å²) in [5.74, 6) is -0.105. The maximum Gasteiger partial charge on any atom is 0.244 e. The smallest absolute Gasteiger partial charge is 0.244 e. The summed E-state index contributed by atoms with van der Waals surface area (Å²) in [4.78, 5) is 0.0696. The second-order valence-electron chi connectivity index (χ2n) is 5.30. The van der Waals surface area contributed by atoms with E-state index in [2.05, 4.69) is 14.9 Å². The summed E-state index contributed by atoms with van der Waals surface area (Å²) >= 11 is 0. The molecule has 1 aromatic rings. The molecule has 0 saturated heterocycles. The third-order valence-electron chi connectivity index (χ3n) is 3.84. The number of hydrogen-bond acceptors (Lipinski definition) is 4. The number of aromatic nitrogens is 2. The van der Waals surface area contributed by atoms with E-state index in [1.807, 2.05) is 0 Å². The molecule has 0 aromatic carbocycles. The van der Waals surface area contributed by atoms with Crippen molar-refractivity contribution < 1.29 is 8.42 Å². The van der Waals surface area contributed by atoms with Gasteiger partial charge in [-0.15, -0.1) is 0 Å². The minimum absolute atomic E-state index is 0.0696. The van der Waals surface area contributed by atoms with Crippen LogP contribution in [0.2, 0.25) is 0 Å². The standard InChI is InChI=1S/C12H21N5O2S/c13-11(14)12(6-4-2-1-3-5-7-12)17-20(18,19)10-8-15-16-9-10/h8-9,17H,1-7H2,(H3,13,14)(H,15,16). The van der Waals surface area contributed by atoms with Crippen molar-refractivity contribution in [1.29, 1.82) is 5.41 Å². The minimum Gasteiger partial charge on any atom is -0.386 e. The van der Waals surface area contributed by atoms with E-state index < -0.39 is 15.6 Å². The minimum atomic E-state index is -3.71. The van der Waals surface area contributed by atoms with Gasteiger partial charge in [0.15, 0.2) is 0 Å². The molecule has 20 heavy (non-hydrogen) atoms. The van der Waals surface area contributed by atoms with Gasteiger partial charge in [-0.1, -0.05) is 32.1 Å². The third kappa shape index (κ3) is 3.18. The van der Waals surface area contributed by atoms with Gasteiger partial charge in [-0.05, 0) is 12.8 Å². The highest BCUT2D eigenvalue weighted by Crippen LogP contribution is 2.28. The fraction of sp³-hybridized carbons (Fsp3) is 0.667. The Morgan fingerprint density at radius 1 is 1.30 bits per heavy atom. The molecular weight excluding hydrogens is 278 g/mol. The zero-order chi connectivity index (χ0) is 14.6. The first kappa shape index (κ1) is 15.0. The summed E-state index contributed by atoms with van der Waals surface area (Å²) < 4.78 is 27.3. The summed E-state index contributed by atoms with van der Waals surface area (Å²) in [5.41, 5.74) is 4.75. The number of nitrogens with zero attached hydrogens (tertiary/aromatic N) is 1. The highest BCUT2D eigenvalue weighted by Gasteiger charge is 2.38. The van der Waals surface area contributed by atoms with Gasteiger partial charge in [0.1, 0.15) is 10.7 Å². The molecule has 0 radical (unpaired) electrons. The zero-order valence-corrected chi connectivity index (χ0v) is 12.2. The number of H-pyrrole nitrogens is 1. The van der Waals surface area contributed by atoms with Crippen molar-refractivity contribution in [3.63, 3.8) is 0 Å². The van der Waals surface area contributed by atoms with E-state index in [0.29, 0.717) is 12.8 Å². The van der Waals surface area contributed by atoms with Gasteiger partial charge in [0.2, 0.25) is 10.0 Å². The molecule has 112 valence electrons. The lowest BCUT2D eigenvalue weighted by molar-refractivity contribution is 0.367. The highest BCUT2D eigenvalue weighted by atomic mass is 32.2. The van der Waals surface area contributed by atoms with E-state index in [1.165, 1.54) is 12.4 Å². The molecule has 1 fully saturated rings. The van der Waals surface area contributed by atoms with Crippen LogP contribution in [-0.2, 0) is 10.0 Å². The first-order valence-electron chi connectivity index (χ1n) is 6.84. The second-order valence-corrected chi connectivity index (χ2v) is 6.99. The molecule has 1 heterocycles. The van der Waals surface area contributed by atoms with Crippen LogP contribution in [0, 0.1) is 5.41 Å². The van der Waals surface area contributed by atoms with E-state index in [1.54, 1.807) is 0 Å². The van der Waals surface area contributed by atoms with Crippen molar-refractivity contribution >= 4 is 15.9 Å². The maximum atomic E-state index is 12.3. The second kappa shape index (κ2) is 5.92. The van der Waals surface area contributed by atoms with Crippen LogP contribution in [0.5, 0.6) is 0 Å². The molecule has 0 unspecified atom stereocenters. The molecule has 1 aliphatic carbocycles. The third-order valence-corrected chi connectivity index (χ3v) is 5.34. The predicted octanol–water partition coefficient (Wildman–Crippen LogP) is 1.11. The van der Waals surface area contributed by atoms with Crippen molar-refractivity contribution in [3.8, 4) is 0 Å². The van der Waals surface area contributed by atoms with Crippen molar-refractivity contribution in [1.82, 2.24) is 14.9 Å². The topological polar surface area (TPSA) is 125 Å². The first-order valence-corrected chi connectivity index (χ1v) is 8.32. The molecule has 0 bridgehead atoms. The van der Waals surface area contributed by atoms with E-state index in [0.717, 1.165) is 32.1 Å². The lowest BCUT2D eigenvalue weighted by Crippen LogP contribution is -2.57. The van der Waals surface area contributed by atoms with Crippen molar-refractivity contribution in [3.05, 3.63) is 12.4 Å². The largest absolute Gasteiger partial charge is 0.386 e. The molecular formula is C12H21N5O2S. The van der Waals surface area contributed by atoms with Crippen LogP contribution in [0.4, 0.5) is 0 Å². The maximum absolute atomic E-state index is 12.3. The molecule has 8 heteroatoms. The molecule has 5 N–H and O–H groups in total. The van der Waals surface area contributed by atoms with Gasteiger partial charge in [-0.2, -0.15) is 9.82 Å². The van der Waals surface area contributed by atoms with Crippen LogP contribution < -0.4 is 10.5 Å². The Morgan fingerprint density at radius 3 is 2.40 bits per heavy atom. The van der Waals surface area contributed by atoms with Crippen LogP contribution in [0.25, 0.3) is 0 Å². The van der Waals surface area contributed by atoms with Crippen LogP contribution >= 0.6 is 0 Å². The van der Waals surface area contributed by atoms with Crippen molar-refractivity contribution in [2.45, 2.75) is 55.4 Å². The Hall–Kier alpha value is -1.41. The fourth-order valence-corrected chi connectivity index (χ4v) is 3.98. The summed E-state index contributed by atoms with van der Waals surface area (Å²) in [7, 11) is -3.71. The molecule has 0 amide bonds. The summed E-state index contributed by atoms with van der Waals surface area (Å²) in [6.07, 6.45) is 8.69. The number of aromatic amines is 1. The van der Waals surface area contributed by atoms with E-state index in [4.69, 9.17) is 11.1 Å². The molecule has 1 aromatic heterocycles. The summed E-state index contributed by atoms with van der Waals surface area (Å²) in [6.45, 7) is 0. The highest BCUT2D eigenvalue weighted by molar-refractivity contribution is 7.89. The average Bonchev–Trinajstić information content (AvgIpc) is 2.86. The zero-order valence-electron chi connectivity index (χ0n) is 11.4. The number of nitrogens with two attached hydrogens (primary N) is 1. The lowest BCUT2D eigenvalue weighted by Gasteiger charge is -2.34. The predicted molar refractivity (Wildman–Crippen MR) is 75.9 cm³/mol. The number of nitrogens with one attached hydrogen (secondary N) is 3. The van der Waals surface area contributed by atoms with Crippen LogP contribution in [-0.4, -0.2) is 30.0 Å². The molecule has 2 rings (SSSR count). The Bertz CT molecular complexity index is 544. The van der Waals surface area contributed by atoms with E-state index in [9.17, 15) is 8.42 Å². The lowest BCUT2D eigenvalue weighted by atomic mass is 9.84. The average molecular weight is 299 g/mol. The van der Waals surface area contributed by atoms with E-state index in [-0.39, 0.29) is 10.7 Å². The van der Waals surface area contributed by atoms with Gasteiger partial charge < -0.3 is 5.73 Å². The Morgan fingerprint density at radius 2 is 1.90 bits per heavy atom. The molecule has 0 atom stereocenters. The SMILES string of the molecule is N=C(N)C1(NS(=O)(=O)c2cn[nH]c2)CCCCCCC1.